The van der Waals surface area contributed by atoms with E-state index in [4.69, 9.17) is 9.47 Å². The largest absolute Gasteiger partial charge is 0.493 e. The lowest BCUT2D eigenvalue weighted by Gasteiger charge is -2.10. The second-order valence-electron chi connectivity index (χ2n) is 3.66. The van der Waals surface area contributed by atoms with Gasteiger partial charge in [0.25, 0.3) is 0 Å². The highest BCUT2D eigenvalue weighted by Crippen LogP contribution is 2.28. The summed E-state index contributed by atoms with van der Waals surface area (Å²) in [5.74, 6) is 1.10. The van der Waals surface area contributed by atoms with Crippen LogP contribution in [-0.4, -0.2) is 26.8 Å². The van der Waals surface area contributed by atoms with Gasteiger partial charge in [-0.05, 0) is 24.1 Å². The van der Waals surface area contributed by atoms with Crippen molar-refractivity contribution >= 4 is 5.97 Å². The van der Waals surface area contributed by atoms with Gasteiger partial charge in [0.1, 0.15) is 6.61 Å². The van der Waals surface area contributed by atoms with Gasteiger partial charge in [0.05, 0.1) is 14.2 Å². The zero-order chi connectivity index (χ0) is 13.4. The van der Waals surface area contributed by atoms with Crippen molar-refractivity contribution in [1.29, 1.82) is 0 Å². The maximum absolute atomic E-state index is 11.1. The fourth-order valence-corrected chi connectivity index (χ4v) is 1.48. The first kappa shape index (κ1) is 14.1. The lowest BCUT2D eigenvalue weighted by Crippen LogP contribution is -2.02. The minimum absolute atomic E-state index is 0.221. The predicted octanol–water partition coefficient (Wildman–Crippen LogP) is 2.37. The smallest absolute Gasteiger partial charge is 0.305 e. The summed E-state index contributed by atoms with van der Waals surface area (Å²) in [6.45, 7) is 4.02. The molecule has 0 aliphatic heterocycles. The Labute approximate surface area is 107 Å². The van der Waals surface area contributed by atoms with E-state index < -0.39 is 0 Å². The van der Waals surface area contributed by atoms with Gasteiger partial charge in [-0.25, -0.2) is 0 Å². The van der Waals surface area contributed by atoms with Crippen LogP contribution in [0.4, 0.5) is 0 Å². The molecule has 0 unspecified atom stereocenters. The summed E-state index contributed by atoms with van der Waals surface area (Å²) < 4.78 is 15.3. The molecule has 0 amide bonds. The van der Waals surface area contributed by atoms with E-state index in [1.165, 1.54) is 7.11 Å². The van der Waals surface area contributed by atoms with Gasteiger partial charge in [-0.1, -0.05) is 18.7 Å². The van der Waals surface area contributed by atoms with Crippen LogP contribution in [-0.2, 0) is 16.0 Å². The van der Waals surface area contributed by atoms with E-state index in [1.807, 2.05) is 18.2 Å². The molecule has 1 rings (SSSR count). The lowest BCUT2D eigenvalue weighted by molar-refractivity contribution is -0.140. The number of benzene rings is 1. The first-order chi connectivity index (χ1) is 8.71. The first-order valence-corrected chi connectivity index (χ1v) is 5.68. The monoisotopic (exact) mass is 250 g/mol. The molecule has 0 bridgehead atoms. The first-order valence-electron chi connectivity index (χ1n) is 5.68. The van der Waals surface area contributed by atoms with Crippen molar-refractivity contribution < 1.29 is 19.0 Å². The Morgan fingerprint density at radius 2 is 2.11 bits per heavy atom. The van der Waals surface area contributed by atoms with Crippen LogP contribution in [0.2, 0.25) is 0 Å². The third-order valence-electron chi connectivity index (χ3n) is 2.43. The standard InChI is InChI=1S/C14H18O4/c1-4-9-18-12-7-5-11(10-13(12)16-2)6-8-14(15)17-3/h4-5,7,10H,1,6,8-9H2,2-3H3. The van der Waals surface area contributed by atoms with Gasteiger partial charge in [-0.15, -0.1) is 0 Å². The zero-order valence-corrected chi connectivity index (χ0v) is 10.8. The number of esters is 1. The maximum Gasteiger partial charge on any atom is 0.305 e. The molecule has 0 heterocycles. The number of ether oxygens (including phenoxy) is 3. The predicted molar refractivity (Wildman–Crippen MR) is 69.0 cm³/mol. The topological polar surface area (TPSA) is 44.8 Å². The fourth-order valence-electron chi connectivity index (χ4n) is 1.48. The molecule has 0 radical (unpaired) electrons. The van der Waals surface area contributed by atoms with E-state index in [0.29, 0.717) is 30.9 Å². The van der Waals surface area contributed by atoms with Crippen molar-refractivity contribution in [2.24, 2.45) is 0 Å². The highest BCUT2D eigenvalue weighted by atomic mass is 16.5. The fraction of sp³-hybridized carbons (Fsp3) is 0.357. The summed E-state index contributed by atoms with van der Waals surface area (Å²) in [5.41, 5.74) is 1.00. The van der Waals surface area contributed by atoms with Gasteiger partial charge in [-0.2, -0.15) is 0 Å². The minimum Gasteiger partial charge on any atom is -0.493 e. The molecule has 0 aromatic heterocycles. The van der Waals surface area contributed by atoms with Crippen LogP contribution in [0.3, 0.4) is 0 Å². The number of hydrogen-bond donors (Lipinski definition) is 0. The van der Waals surface area contributed by atoms with Gasteiger partial charge < -0.3 is 14.2 Å². The summed E-state index contributed by atoms with van der Waals surface area (Å²) in [4.78, 5) is 11.1. The van der Waals surface area contributed by atoms with Crippen molar-refractivity contribution in [1.82, 2.24) is 0 Å². The molecule has 0 fully saturated rings. The molecule has 0 spiro atoms. The molecular weight excluding hydrogens is 232 g/mol. The third kappa shape index (κ3) is 4.13. The molecule has 18 heavy (non-hydrogen) atoms. The molecule has 1 aromatic carbocycles. The average Bonchev–Trinajstić information content (AvgIpc) is 2.42. The lowest BCUT2D eigenvalue weighted by atomic mass is 10.1. The number of carbonyl (C=O) groups is 1. The summed E-state index contributed by atoms with van der Waals surface area (Å²) in [6.07, 6.45) is 2.64. The van der Waals surface area contributed by atoms with Crippen molar-refractivity contribution in [3.05, 3.63) is 36.4 Å². The summed E-state index contributed by atoms with van der Waals surface area (Å²) in [5, 5.41) is 0. The van der Waals surface area contributed by atoms with Crippen LogP contribution in [0.5, 0.6) is 11.5 Å². The van der Waals surface area contributed by atoms with Crippen LogP contribution in [0.1, 0.15) is 12.0 Å². The van der Waals surface area contributed by atoms with Crippen LogP contribution in [0, 0.1) is 0 Å². The van der Waals surface area contributed by atoms with Crippen molar-refractivity contribution in [2.45, 2.75) is 12.8 Å². The number of aryl methyl sites for hydroxylation is 1. The van der Waals surface area contributed by atoms with Crippen LogP contribution in [0.15, 0.2) is 30.9 Å². The minimum atomic E-state index is -0.221. The Bertz CT molecular complexity index is 412. The number of hydrogen-bond acceptors (Lipinski definition) is 4. The van der Waals surface area contributed by atoms with E-state index >= 15 is 0 Å². The quantitative estimate of drug-likeness (QED) is 0.550. The molecular formula is C14H18O4. The average molecular weight is 250 g/mol. The molecule has 0 aliphatic rings. The highest BCUT2D eigenvalue weighted by molar-refractivity contribution is 5.69. The summed E-state index contributed by atoms with van der Waals surface area (Å²) in [6, 6.07) is 5.60. The second kappa shape index (κ2) is 7.37. The van der Waals surface area contributed by atoms with Crippen LogP contribution < -0.4 is 9.47 Å². The van der Waals surface area contributed by atoms with Gasteiger partial charge in [0.2, 0.25) is 0 Å². The van der Waals surface area contributed by atoms with Gasteiger partial charge in [0, 0.05) is 6.42 Å². The zero-order valence-electron chi connectivity index (χ0n) is 10.8. The van der Waals surface area contributed by atoms with Crippen LogP contribution >= 0.6 is 0 Å². The molecule has 1 aromatic rings. The Balaban J connectivity index is 2.71. The number of carbonyl (C=O) groups excluding carboxylic acids is 1. The van der Waals surface area contributed by atoms with Crippen LogP contribution in [0.25, 0.3) is 0 Å². The highest BCUT2D eigenvalue weighted by Gasteiger charge is 2.07. The normalized spacial score (nSPS) is 9.67. The molecule has 0 aliphatic carbocycles. The molecule has 0 N–H and O–H groups in total. The van der Waals surface area contributed by atoms with Crippen molar-refractivity contribution in [2.75, 3.05) is 20.8 Å². The summed E-state index contributed by atoms with van der Waals surface area (Å²) in [7, 11) is 2.97. The molecule has 4 heteroatoms. The van der Waals surface area contributed by atoms with E-state index in [9.17, 15) is 4.79 Å². The van der Waals surface area contributed by atoms with E-state index in [0.717, 1.165) is 5.56 Å². The SMILES string of the molecule is C=CCOc1ccc(CCC(=O)OC)cc1OC. The molecule has 0 saturated heterocycles. The summed E-state index contributed by atoms with van der Waals surface area (Å²) >= 11 is 0. The van der Waals surface area contributed by atoms with E-state index in [2.05, 4.69) is 11.3 Å². The van der Waals surface area contributed by atoms with E-state index in [-0.39, 0.29) is 5.97 Å². The van der Waals surface area contributed by atoms with Crippen molar-refractivity contribution in [3.63, 3.8) is 0 Å². The van der Waals surface area contributed by atoms with Gasteiger partial charge in [0.15, 0.2) is 11.5 Å². The number of rotatable bonds is 7. The second-order valence-corrected chi connectivity index (χ2v) is 3.66. The van der Waals surface area contributed by atoms with Crippen molar-refractivity contribution in [3.8, 4) is 11.5 Å². The Morgan fingerprint density at radius 1 is 1.33 bits per heavy atom. The molecule has 98 valence electrons. The number of methoxy groups -OCH3 is 2. The maximum atomic E-state index is 11.1. The third-order valence-corrected chi connectivity index (χ3v) is 2.43. The van der Waals surface area contributed by atoms with E-state index in [1.54, 1.807) is 13.2 Å². The molecule has 4 nitrogen and oxygen atoms in total. The Morgan fingerprint density at radius 3 is 2.72 bits per heavy atom. The van der Waals surface area contributed by atoms with Gasteiger partial charge >= 0.3 is 5.97 Å². The molecule has 0 saturated carbocycles. The van der Waals surface area contributed by atoms with Gasteiger partial charge in [-0.3, -0.25) is 4.79 Å². The Kier molecular flexibility index (Phi) is 5.77. The Hall–Kier alpha value is -1.97. The molecule has 0 atom stereocenters.